The first kappa shape index (κ1) is 23.5. The van der Waals surface area contributed by atoms with Gasteiger partial charge in [0.05, 0.1) is 18.4 Å². The van der Waals surface area contributed by atoms with E-state index in [9.17, 15) is 9.90 Å². The van der Waals surface area contributed by atoms with E-state index in [1.807, 2.05) is 13.0 Å². The summed E-state index contributed by atoms with van der Waals surface area (Å²) in [6.45, 7) is 7.70. The molecule has 1 N–H and O–H groups in total. The number of fused-ring (bicyclic) bond motifs is 5. The first-order valence-electron chi connectivity index (χ1n) is 12.8. The third kappa shape index (κ3) is 4.42. The molecule has 178 valence electrons. The van der Waals surface area contributed by atoms with Gasteiger partial charge < -0.3 is 14.7 Å². The molecule has 6 atom stereocenters. The number of carbonyl (C=O) groups is 1. The third-order valence-corrected chi connectivity index (χ3v) is 9.14. The molecular formula is C27H41NO4. The van der Waals surface area contributed by atoms with Crippen LogP contribution < -0.4 is 0 Å². The summed E-state index contributed by atoms with van der Waals surface area (Å²) in [5.74, 6) is 1.90. The Hall–Kier alpha value is -1.62. The molecule has 0 spiro atoms. The average molecular weight is 444 g/mol. The maximum absolute atomic E-state index is 11.3. The number of ether oxygens (including phenoxy) is 1. The largest absolute Gasteiger partial charge is 0.463 e. The SMILES string of the molecule is CCOC(=O)/C=C/CCCO/N=C1\CC[C@H]2[C@@H]3CC=C4C[C@@H](O)CC[C@]4(C)[C@H]3CC[C@]12C. The number of nitrogens with zero attached hydrogens (tertiary/aromatic N) is 1. The van der Waals surface area contributed by atoms with Crippen molar-refractivity contribution < 1.29 is 19.5 Å². The van der Waals surface area contributed by atoms with Crippen LogP contribution in [0, 0.1) is 28.6 Å². The van der Waals surface area contributed by atoms with E-state index in [4.69, 9.17) is 9.57 Å². The molecule has 0 saturated heterocycles. The molecule has 0 aliphatic heterocycles. The molecule has 0 heterocycles. The van der Waals surface area contributed by atoms with Crippen molar-refractivity contribution in [3.8, 4) is 0 Å². The molecule has 0 aromatic carbocycles. The second-order valence-corrected chi connectivity index (χ2v) is 10.8. The number of hydrogen-bond acceptors (Lipinski definition) is 5. The quantitative estimate of drug-likeness (QED) is 0.183. The Bertz CT molecular complexity index is 787. The number of esters is 1. The van der Waals surface area contributed by atoms with Crippen LogP contribution in [0.5, 0.6) is 0 Å². The molecule has 3 fully saturated rings. The van der Waals surface area contributed by atoms with Crippen LogP contribution in [0.25, 0.3) is 0 Å². The van der Waals surface area contributed by atoms with Crippen LogP contribution in [0.1, 0.15) is 85.0 Å². The maximum Gasteiger partial charge on any atom is 0.330 e. The normalized spacial score (nSPS) is 39.9. The van der Waals surface area contributed by atoms with Crippen molar-refractivity contribution in [3.63, 3.8) is 0 Å². The zero-order valence-electron chi connectivity index (χ0n) is 20.1. The molecule has 0 bridgehead atoms. The molecule has 0 radical (unpaired) electrons. The lowest BCUT2D eigenvalue weighted by atomic mass is 9.48. The van der Waals surface area contributed by atoms with Crippen molar-refractivity contribution in [2.45, 2.75) is 91.1 Å². The molecule has 0 unspecified atom stereocenters. The van der Waals surface area contributed by atoms with Gasteiger partial charge in [-0.25, -0.2) is 4.79 Å². The summed E-state index contributed by atoms with van der Waals surface area (Å²) in [4.78, 5) is 17.0. The van der Waals surface area contributed by atoms with E-state index in [1.54, 1.807) is 0 Å². The second-order valence-electron chi connectivity index (χ2n) is 10.8. The van der Waals surface area contributed by atoms with Gasteiger partial charge in [0.25, 0.3) is 0 Å². The summed E-state index contributed by atoms with van der Waals surface area (Å²) in [6.07, 6.45) is 16.2. The molecule has 3 saturated carbocycles. The molecule has 32 heavy (non-hydrogen) atoms. The van der Waals surface area contributed by atoms with E-state index < -0.39 is 0 Å². The van der Waals surface area contributed by atoms with Gasteiger partial charge in [-0.05, 0) is 94.3 Å². The Balaban J connectivity index is 1.33. The van der Waals surface area contributed by atoms with Gasteiger partial charge in [-0.2, -0.15) is 0 Å². The summed E-state index contributed by atoms with van der Waals surface area (Å²) >= 11 is 0. The van der Waals surface area contributed by atoms with Gasteiger partial charge in [0.15, 0.2) is 0 Å². The molecule has 5 heteroatoms. The fourth-order valence-corrected chi connectivity index (χ4v) is 7.34. The molecule has 4 rings (SSSR count). The lowest BCUT2D eigenvalue weighted by molar-refractivity contribution is -0.137. The minimum atomic E-state index is -0.280. The Morgan fingerprint density at radius 2 is 2.00 bits per heavy atom. The molecule has 0 amide bonds. The van der Waals surface area contributed by atoms with Crippen LogP contribution in [0.3, 0.4) is 0 Å². The smallest absolute Gasteiger partial charge is 0.330 e. The van der Waals surface area contributed by atoms with Crippen LogP contribution in [0.15, 0.2) is 29.0 Å². The first-order chi connectivity index (χ1) is 15.4. The first-order valence-corrected chi connectivity index (χ1v) is 12.8. The Morgan fingerprint density at radius 1 is 1.22 bits per heavy atom. The standard InChI is InChI=1S/C27H41NO4/c1-4-31-25(30)8-6-5-7-17-32-28-24-12-11-22-21-10-9-19-18-20(29)13-15-26(19,2)23(21)14-16-27(22,24)3/h6,8-9,20-23,29H,4-5,7,10-18H2,1-3H3/b8-6+,28-24+/t20-,21-,22-,23-,26-,27-/m0/s1. The maximum atomic E-state index is 11.3. The molecule has 5 nitrogen and oxygen atoms in total. The zero-order chi connectivity index (χ0) is 22.8. The lowest BCUT2D eigenvalue weighted by Gasteiger charge is -2.57. The van der Waals surface area contributed by atoms with Crippen molar-refractivity contribution in [2.24, 2.45) is 33.7 Å². The Kier molecular flexibility index (Phi) is 7.14. The number of aliphatic hydroxyl groups excluding tert-OH is 1. The zero-order valence-corrected chi connectivity index (χ0v) is 20.1. The number of aliphatic hydroxyl groups is 1. The Labute approximate surface area is 193 Å². The van der Waals surface area contributed by atoms with Crippen molar-refractivity contribution in [3.05, 3.63) is 23.8 Å². The van der Waals surface area contributed by atoms with Crippen molar-refractivity contribution in [1.29, 1.82) is 0 Å². The molecule has 4 aliphatic carbocycles. The summed E-state index contributed by atoms with van der Waals surface area (Å²) in [5, 5.41) is 14.8. The Morgan fingerprint density at radius 3 is 2.81 bits per heavy atom. The highest BCUT2D eigenvalue weighted by molar-refractivity contribution is 5.92. The predicted molar refractivity (Wildman–Crippen MR) is 126 cm³/mol. The average Bonchev–Trinajstić information content (AvgIpc) is 3.10. The van der Waals surface area contributed by atoms with E-state index >= 15 is 0 Å². The van der Waals surface area contributed by atoms with Gasteiger partial charge in [-0.15, -0.1) is 0 Å². The highest BCUT2D eigenvalue weighted by Crippen LogP contribution is 2.64. The van der Waals surface area contributed by atoms with E-state index in [1.165, 1.54) is 43.0 Å². The van der Waals surface area contributed by atoms with Crippen LogP contribution in [-0.4, -0.2) is 36.1 Å². The van der Waals surface area contributed by atoms with Crippen LogP contribution in [0.4, 0.5) is 0 Å². The van der Waals surface area contributed by atoms with Crippen LogP contribution >= 0.6 is 0 Å². The molecule has 0 aromatic heterocycles. The van der Waals surface area contributed by atoms with Crippen molar-refractivity contribution in [1.82, 2.24) is 0 Å². The van der Waals surface area contributed by atoms with Gasteiger partial charge >= 0.3 is 5.97 Å². The summed E-state index contributed by atoms with van der Waals surface area (Å²) in [6, 6.07) is 0. The van der Waals surface area contributed by atoms with Gasteiger partial charge in [0, 0.05) is 11.5 Å². The molecule has 0 aromatic rings. The highest BCUT2D eigenvalue weighted by Gasteiger charge is 2.58. The van der Waals surface area contributed by atoms with E-state index in [-0.39, 0.29) is 22.9 Å². The number of unbranched alkanes of at least 4 members (excludes halogenated alkanes) is 1. The van der Waals surface area contributed by atoms with Crippen LogP contribution in [0.2, 0.25) is 0 Å². The summed E-state index contributed by atoms with van der Waals surface area (Å²) in [7, 11) is 0. The predicted octanol–water partition coefficient (Wildman–Crippen LogP) is 5.58. The minimum absolute atomic E-state index is 0.136. The van der Waals surface area contributed by atoms with E-state index in [0.717, 1.165) is 50.4 Å². The fourth-order valence-electron chi connectivity index (χ4n) is 7.34. The van der Waals surface area contributed by atoms with Gasteiger partial charge in [-0.3, -0.25) is 0 Å². The number of rotatable bonds is 7. The monoisotopic (exact) mass is 443 g/mol. The molecule has 4 aliphatic rings. The lowest BCUT2D eigenvalue weighted by Crippen LogP contribution is -2.50. The second kappa shape index (κ2) is 9.70. The van der Waals surface area contributed by atoms with Gasteiger partial charge in [0.2, 0.25) is 0 Å². The van der Waals surface area contributed by atoms with Gasteiger partial charge in [-0.1, -0.05) is 36.7 Å². The summed E-state index contributed by atoms with van der Waals surface area (Å²) in [5.41, 5.74) is 3.26. The minimum Gasteiger partial charge on any atom is -0.463 e. The van der Waals surface area contributed by atoms with Gasteiger partial charge in [0.1, 0.15) is 6.61 Å². The number of carbonyl (C=O) groups excluding carboxylic acids is 1. The van der Waals surface area contributed by atoms with E-state index in [0.29, 0.717) is 19.1 Å². The van der Waals surface area contributed by atoms with E-state index in [2.05, 4.69) is 25.1 Å². The number of hydrogen-bond donors (Lipinski definition) is 1. The number of oxime groups is 1. The summed E-state index contributed by atoms with van der Waals surface area (Å²) < 4.78 is 4.88. The van der Waals surface area contributed by atoms with Crippen molar-refractivity contribution in [2.75, 3.05) is 13.2 Å². The third-order valence-electron chi connectivity index (χ3n) is 9.14. The highest BCUT2D eigenvalue weighted by atomic mass is 16.6. The fraction of sp³-hybridized carbons (Fsp3) is 0.778. The number of allylic oxidation sites excluding steroid dienone is 2. The topological polar surface area (TPSA) is 68.1 Å². The van der Waals surface area contributed by atoms with Crippen LogP contribution in [-0.2, 0) is 14.4 Å². The molecular weight excluding hydrogens is 402 g/mol. The van der Waals surface area contributed by atoms with Crippen molar-refractivity contribution >= 4 is 11.7 Å².